The molecule has 138 valence electrons. The van der Waals surface area contributed by atoms with E-state index in [0.717, 1.165) is 0 Å². The normalized spacial score (nSPS) is 13.5. The van der Waals surface area contributed by atoms with Crippen molar-refractivity contribution in [2.45, 2.75) is 19.5 Å². The molecule has 9 heteroatoms. The van der Waals surface area contributed by atoms with Crippen molar-refractivity contribution in [1.82, 2.24) is 14.5 Å². The first kappa shape index (κ1) is 17.8. The number of alkyl halides is 2. The first-order valence-electron chi connectivity index (χ1n) is 8.03. The van der Waals surface area contributed by atoms with Crippen LogP contribution in [-0.4, -0.2) is 46.5 Å². The minimum atomic E-state index is -2.71. The summed E-state index contributed by atoms with van der Waals surface area (Å²) < 4.78 is 31.8. The van der Waals surface area contributed by atoms with Crippen LogP contribution >= 0.6 is 0 Å². The van der Waals surface area contributed by atoms with Crippen molar-refractivity contribution in [3.8, 4) is 5.75 Å². The smallest absolute Gasteiger partial charge is 0.319 e. The summed E-state index contributed by atoms with van der Waals surface area (Å²) in [5.41, 5.74) is 0.618. The van der Waals surface area contributed by atoms with Crippen LogP contribution in [0.4, 0.5) is 14.5 Å². The van der Waals surface area contributed by atoms with E-state index in [4.69, 9.17) is 4.74 Å². The quantitative estimate of drug-likeness (QED) is 0.787. The van der Waals surface area contributed by atoms with Crippen LogP contribution in [0.3, 0.4) is 0 Å². The molecule has 26 heavy (non-hydrogen) atoms. The first-order valence-corrected chi connectivity index (χ1v) is 8.03. The SMILES string of the molecule is CN(Cc1nccn1C(F)F)C(=O)CCN1C(=O)COc2ccccc21. The molecule has 2 heterocycles. The molecular formula is C17H18F2N4O3. The average molecular weight is 364 g/mol. The molecule has 7 nitrogen and oxygen atoms in total. The fourth-order valence-corrected chi connectivity index (χ4v) is 2.74. The van der Waals surface area contributed by atoms with Crippen LogP contribution in [-0.2, 0) is 16.1 Å². The molecule has 0 fully saturated rings. The standard InChI is InChI=1S/C17H18F2N4O3/c1-21(10-14-20-7-9-23(14)17(18)19)15(24)6-8-22-12-4-2-3-5-13(12)26-11-16(22)25/h2-5,7,9,17H,6,8,10-11H2,1H3. The lowest BCUT2D eigenvalue weighted by molar-refractivity contribution is -0.130. The highest BCUT2D eigenvalue weighted by Crippen LogP contribution is 2.31. The van der Waals surface area contributed by atoms with Gasteiger partial charge in [0.25, 0.3) is 5.91 Å². The number of hydrogen-bond donors (Lipinski definition) is 0. The summed E-state index contributed by atoms with van der Waals surface area (Å²) in [5, 5.41) is 0. The van der Waals surface area contributed by atoms with Gasteiger partial charge in [-0.3, -0.25) is 14.2 Å². The van der Waals surface area contributed by atoms with E-state index in [9.17, 15) is 18.4 Å². The second kappa shape index (κ2) is 7.51. The maximum absolute atomic E-state index is 12.9. The third-order valence-electron chi connectivity index (χ3n) is 4.12. The molecule has 1 aromatic heterocycles. The Bertz CT molecular complexity index is 809. The molecule has 0 bridgehead atoms. The second-order valence-electron chi connectivity index (χ2n) is 5.83. The number of anilines is 1. The van der Waals surface area contributed by atoms with Crippen LogP contribution in [0.2, 0.25) is 0 Å². The highest BCUT2D eigenvalue weighted by molar-refractivity contribution is 5.98. The lowest BCUT2D eigenvalue weighted by atomic mass is 10.2. The third kappa shape index (κ3) is 3.66. The minimum absolute atomic E-state index is 0.0379. The topological polar surface area (TPSA) is 67.7 Å². The molecule has 1 aliphatic heterocycles. The number of benzene rings is 1. The van der Waals surface area contributed by atoms with E-state index in [1.54, 1.807) is 24.3 Å². The Labute approximate surface area is 148 Å². The van der Waals surface area contributed by atoms with Gasteiger partial charge in [0.15, 0.2) is 6.61 Å². The molecule has 1 aliphatic rings. The number of carbonyl (C=O) groups is 2. The Morgan fingerprint density at radius 3 is 2.92 bits per heavy atom. The number of carbonyl (C=O) groups excluding carboxylic acids is 2. The average Bonchev–Trinajstić information content (AvgIpc) is 3.09. The molecule has 0 radical (unpaired) electrons. The summed E-state index contributed by atoms with van der Waals surface area (Å²) in [6.07, 6.45) is 2.50. The van der Waals surface area contributed by atoms with Gasteiger partial charge in [0.2, 0.25) is 5.91 Å². The van der Waals surface area contributed by atoms with Crippen molar-refractivity contribution in [2.24, 2.45) is 0 Å². The van der Waals surface area contributed by atoms with E-state index in [1.807, 2.05) is 0 Å². The predicted molar refractivity (Wildman–Crippen MR) is 88.9 cm³/mol. The van der Waals surface area contributed by atoms with Crippen LogP contribution in [0.15, 0.2) is 36.7 Å². The number of imidazole rings is 1. The molecule has 0 spiro atoms. The van der Waals surface area contributed by atoms with Gasteiger partial charge in [-0.2, -0.15) is 8.78 Å². The Balaban J connectivity index is 1.62. The van der Waals surface area contributed by atoms with Gasteiger partial charge in [0.1, 0.15) is 11.6 Å². The van der Waals surface area contributed by atoms with Crippen molar-refractivity contribution >= 4 is 17.5 Å². The highest BCUT2D eigenvalue weighted by atomic mass is 19.3. The lowest BCUT2D eigenvalue weighted by Gasteiger charge is -2.29. The van der Waals surface area contributed by atoms with Gasteiger partial charge < -0.3 is 14.5 Å². The van der Waals surface area contributed by atoms with Gasteiger partial charge in [-0.15, -0.1) is 0 Å². The van der Waals surface area contributed by atoms with Gasteiger partial charge in [0, 0.05) is 32.4 Å². The second-order valence-corrected chi connectivity index (χ2v) is 5.83. The summed E-state index contributed by atoms with van der Waals surface area (Å²) in [4.78, 5) is 31.1. The summed E-state index contributed by atoms with van der Waals surface area (Å²) in [7, 11) is 1.52. The molecule has 0 saturated carbocycles. The molecule has 2 amide bonds. The van der Waals surface area contributed by atoms with E-state index in [0.29, 0.717) is 16.0 Å². The summed E-state index contributed by atoms with van der Waals surface area (Å²) in [6.45, 7) is -2.64. The van der Waals surface area contributed by atoms with Gasteiger partial charge in [-0.05, 0) is 12.1 Å². The number of para-hydroxylation sites is 2. The van der Waals surface area contributed by atoms with Crippen molar-refractivity contribution in [3.63, 3.8) is 0 Å². The molecule has 0 atom stereocenters. The highest BCUT2D eigenvalue weighted by Gasteiger charge is 2.26. The van der Waals surface area contributed by atoms with Crippen molar-refractivity contribution in [2.75, 3.05) is 25.1 Å². The Hall–Kier alpha value is -2.97. The Morgan fingerprint density at radius 1 is 1.38 bits per heavy atom. The van der Waals surface area contributed by atoms with E-state index in [1.165, 1.54) is 29.2 Å². The van der Waals surface area contributed by atoms with Crippen molar-refractivity contribution < 1.29 is 23.1 Å². The van der Waals surface area contributed by atoms with Crippen LogP contribution < -0.4 is 9.64 Å². The zero-order valence-corrected chi connectivity index (χ0v) is 14.1. The maximum atomic E-state index is 12.9. The molecular weight excluding hydrogens is 346 g/mol. The Morgan fingerprint density at radius 2 is 2.15 bits per heavy atom. The lowest BCUT2D eigenvalue weighted by Crippen LogP contribution is -2.41. The molecule has 2 aromatic rings. The fraction of sp³-hybridized carbons (Fsp3) is 0.353. The summed E-state index contributed by atoms with van der Waals surface area (Å²) >= 11 is 0. The van der Waals surface area contributed by atoms with Crippen molar-refractivity contribution in [1.29, 1.82) is 0 Å². The molecule has 0 aliphatic carbocycles. The van der Waals surface area contributed by atoms with E-state index in [-0.39, 0.29) is 43.8 Å². The summed E-state index contributed by atoms with van der Waals surface area (Å²) in [5.74, 6) is 0.188. The molecule has 0 N–H and O–H groups in total. The van der Waals surface area contributed by atoms with Crippen LogP contribution in [0.1, 0.15) is 18.8 Å². The van der Waals surface area contributed by atoms with Gasteiger partial charge >= 0.3 is 6.55 Å². The number of halogens is 2. The largest absolute Gasteiger partial charge is 0.482 e. The van der Waals surface area contributed by atoms with E-state index in [2.05, 4.69) is 4.98 Å². The zero-order chi connectivity index (χ0) is 18.7. The number of nitrogens with zero attached hydrogens (tertiary/aromatic N) is 4. The molecule has 1 aromatic carbocycles. The molecule has 0 unspecified atom stereocenters. The third-order valence-corrected chi connectivity index (χ3v) is 4.12. The van der Waals surface area contributed by atoms with E-state index >= 15 is 0 Å². The predicted octanol–water partition coefficient (Wildman–Crippen LogP) is 2.05. The van der Waals surface area contributed by atoms with Crippen molar-refractivity contribution in [3.05, 3.63) is 42.5 Å². The number of hydrogen-bond acceptors (Lipinski definition) is 4. The van der Waals surface area contributed by atoms with Gasteiger partial charge in [0.05, 0.1) is 12.2 Å². The zero-order valence-electron chi connectivity index (χ0n) is 14.1. The molecule has 0 saturated heterocycles. The van der Waals surface area contributed by atoms with Crippen LogP contribution in [0.25, 0.3) is 0 Å². The monoisotopic (exact) mass is 364 g/mol. The number of rotatable bonds is 6. The molecule has 3 rings (SSSR count). The maximum Gasteiger partial charge on any atom is 0.319 e. The van der Waals surface area contributed by atoms with Crippen LogP contribution in [0, 0.1) is 0 Å². The Kier molecular flexibility index (Phi) is 5.15. The minimum Gasteiger partial charge on any atom is -0.482 e. The van der Waals surface area contributed by atoms with E-state index < -0.39 is 6.55 Å². The fourth-order valence-electron chi connectivity index (χ4n) is 2.74. The summed E-state index contributed by atoms with van der Waals surface area (Å²) in [6, 6.07) is 7.09. The number of fused-ring (bicyclic) bond motifs is 1. The number of aromatic nitrogens is 2. The first-order chi connectivity index (χ1) is 12.5. The number of ether oxygens (including phenoxy) is 1. The van der Waals surface area contributed by atoms with Gasteiger partial charge in [-0.1, -0.05) is 12.1 Å². The van der Waals surface area contributed by atoms with Gasteiger partial charge in [-0.25, -0.2) is 4.98 Å². The van der Waals surface area contributed by atoms with Crippen LogP contribution in [0.5, 0.6) is 5.75 Å². The number of amides is 2.